The summed E-state index contributed by atoms with van der Waals surface area (Å²) in [4.78, 5) is 11.3. The van der Waals surface area contributed by atoms with E-state index < -0.39 is 10.0 Å². The number of anilines is 2. The Bertz CT molecular complexity index is 812. The maximum absolute atomic E-state index is 12.3. The van der Waals surface area contributed by atoms with Gasteiger partial charge in [-0.3, -0.25) is 14.6 Å². The molecule has 9 heteroatoms. The molecule has 3 rings (SSSR count). The average molecular weight is 308 g/mol. The number of hydrogen-bond donors (Lipinski definition) is 3. The molecule has 1 aliphatic rings. The number of aromatic amines is 1. The van der Waals surface area contributed by atoms with Crippen molar-refractivity contribution >= 4 is 27.4 Å². The molecule has 0 aliphatic carbocycles. The second-order valence-corrected chi connectivity index (χ2v) is 6.22. The summed E-state index contributed by atoms with van der Waals surface area (Å²) in [5.41, 5.74) is 1.06. The first-order chi connectivity index (χ1) is 9.94. The minimum absolute atomic E-state index is 0.00713. The summed E-state index contributed by atoms with van der Waals surface area (Å²) in [5, 5.41) is 9.02. The second kappa shape index (κ2) is 4.77. The van der Waals surface area contributed by atoms with E-state index in [-0.39, 0.29) is 23.2 Å². The maximum atomic E-state index is 12.3. The fourth-order valence-electron chi connectivity index (χ4n) is 1.90. The van der Waals surface area contributed by atoms with Gasteiger partial charge in [-0.05, 0) is 25.1 Å². The minimum Gasteiger partial charge on any atom is -0.482 e. The highest BCUT2D eigenvalue weighted by Crippen LogP contribution is 2.30. The molecule has 1 amide bonds. The van der Waals surface area contributed by atoms with Crippen LogP contribution in [0.15, 0.2) is 29.2 Å². The molecule has 1 aromatic heterocycles. The van der Waals surface area contributed by atoms with Gasteiger partial charge in [0.15, 0.2) is 12.4 Å². The molecule has 110 valence electrons. The molecule has 0 saturated carbocycles. The summed E-state index contributed by atoms with van der Waals surface area (Å²) in [6, 6.07) is 5.81. The van der Waals surface area contributed by atoms with Gasteiger partial charge in [-0.2, -0.15) is 5.10 Å². The molecular formula is C12H12N4O4S. The standard InChI is InChI=1S/C12H12N4O4S/c1-7-4-11(15-14-7)16-21(18,19)8-2-3-10-9(5-8)13-12(17)6-20-10/h2-5H,6H2,1H3,(H,13,17)(H2,14,15,16). The third-order valence-electron chi connectivity index (χ3n) is 2.84. The Morgan fingerprint density at radius 1 is 1.33 bits per heavy atom. The lowest BCUT2D eigenvalue weighted by atomic mass is 10.2. The number of rotatable bonds is 3. The predicted molar refractivity (Wildman–Crippen MR) is 74.7 cm³/mol. The van der Waals surface area contributed by atoms with Crippen molar-refractivity contribution in [2.75, 3.05) is 16.6 Å². The Morgan fingerprint density at radius 3 is 2.86 bits per heavy atom. The smallest absolute Gasteiger partial charge is 0.263 e. The van der Waals surface area contributed by atoms with Gasteiger partial charge >= 0.3 is 0 Å². The third kappa shape index (κ3) is 2.68. The number of ether oxygens (including phenoxy) is 1. The van der Waals surface area contributed by atoms with Crippen molar-refractivity contribution in [1.29, 1.82) is 0 Å². The summed E-state index contributed by atoms with van der Waals surface area (Å²) in [5.74, 6) is 0.308. The molecule has 3 N–H and O–H groups in total. The molecule has 2 aromatic rings. The number of H-pyrrole nitrogens is 1. The zero-order chi connectivity index (χ0) is 15.0. The van der Waals surface area contributed by atoms with Crippen LogP contribution < -0.4 is 14.8 Å². The van der Waals surface area contributed by atoms with Crippen LogP contribution in [0, 0.1) is 6.92 Å². The first-order valence-corrected chi connectivity index (χ1v) is 7.54. The number of nitrogens with one attached hydrogen (secondary N) is 3. The number of aryl methyl sites for hydroxylation is 1. The SMILES string of the molecule is Cc1cc(NS(=O)(=O)c2ccc3c(c2)NC(=O)CO3)n[nH]1. The number of aromatic nitrogens is 2. The van der Waals surface area contributed by atoms with Gasteiger partial charge < -0.3 is 10.1 Å². The predicted octanol–water partition coefficient (Wildman–Crippen LogP) is 0.850. The van der Waals surface area contributed by atoms with Crippen molar-refractivity contribution in [3.05, 3.63) is 30.0 Å². The van der Waals surface area contributed by atoms with Gasteiger partial charge in [0.1, 0.15) is 5.75 Å². The van der Waals surface area contributed by atoms with Gasteiger partial charge in [0.25, 0.3) is 15.9 Å². The third-order valence-corrected chi connectivity index (χ3v) is 4.19. The molecule has 8 nitrogen and oxygen atoms in total. The van der Waals surface area contributed by atoms with E-state index in [4.69, 9.17) is 4.74 Å². The van der Waals surface area contributed by atoms with Crippen LogP contribution in [0.3, 0.4) is 0 Å². The number of hydrogen-bond acceptors (Lipinski definition) is 5. The second-order valence-electron chi connectivity index (χ2n) is 4.54. The monoisotopic (exact) mass is 308 g/mol. The molecule has 21 heavy (non-hydrogen) atoms. The molecule has 0 fully saturated rings. The van der Waals surface area contributed by atoms with Crippen molar-refractivity contribution in [3.8, 4) is 5.75 Å². The van der Waals surface area contributed by atoms with Crippen LogP contribution in [-0.4, -0.2) is 31.1 Å². The van der Waals surface area contributed by atoms with Gasteiger partial charge in [0, 0.05) is 11.8 Å². The van der Waals surface area contributed by atoms with E-state index in [2.05, 4.69) is 20.2 Å². The van der Waals surface area contributed by atoms with E-state index in [1.54, 1.807) is 13.0 Å². The van der Waals surface area contributed by atoms with E-state index in [1.165, 1.54) is 18.2 Å². The van der Waals surface area contributed by atoms with Gasteiger partial charge in [-0.25, -0.2) is 8.42 Å². The van der Waals surface area contributed by atoms with E-state index in [0.29, 0.717) is 11.4 Å². The van der Waals surface area contributed by atoms with Crippen LogP contribution in [0.2, 0.25) is 0 Å². The fourth-order valence-corrected chi connectivity index (χ4v) is 2.91. The molecular weight excluding hydrogens is 296 g/mol. The first kappa shape index (κ1) is 13.4. The number of carbonyl (C=O) groups excluding carboxylic acids is 1. The molecule has 0 atom stereocenters. The highest BCUT2D eigenvalue weighted by molar-refractivity contribution is 7.92. The van der Waals surface area contributed by atoms with Crippen LogP contribution in [-0.2, 0) is 14.8 Å². The topological polar surface area (TPSA) is 113 Å². The zero-order valence-electron chi connectivity index (χ0n) is 11.0. The van der Waals surface area contributed by atoms with Crippen LogP contribution in [0.5, 0.6) is 5.75 Å². The van der Waals surface area contributed by atoms with Gasteiger partial charge in [0.05, 0.1) is 10.6 Å². The molecule has 0 unspecified atom stereocenters. The van der Waals surface area contributed by atoms with Crippen LogP contribution >= 0.6 is 0 Å². The molecule has 1 aromatic carbocycles. The highest BCUT2D eigenvalue weighted by atomic mass is 32.2. The number of fused-ring (bicyclic) bond motifs is 1. The van der Waals surface area contributed by atoms with Crippen molar-refractivity contribution in [2.24, 2.45) is 0 Å². The summed E-state index contributed by atoms with van der Waals surface area (Å²) < 4.78 is 32.0. The van der Waals surface area contributed by atoms with Crippen LogP contribution in [0.4, 0.5) is 11.5 Å². The Balaban J connectivity index is 1.92. The number of benzene rings is 1. The Labute approximate surface area is 120 Å². The Hall–Kier alpha value is -2.55. The van der Waals surface area contributed by atoms with Crippen LogP contribution in [0.1, 0.15) is 5.69 Å². The van der Waals surface area contributed by atoms with Gasteiger partial charge in [-0.15, -0.1) is 0 Å². The molecule has 1 aliphatic heterocycles. The van der Waals surface area contributed by atoms with Crippen molar-refractivity contribution in [3.63, 3.8) is 0 Å². The van der Waals surface area contributed by atoms with E-state index in [9.17, 15) is 13.2 Å². The summed E-state index contributed by atoms with van der Waals surface area (Å²) in [6.45, 7) is 1.68. The molecule has 0 saturated heterocycles. The molecule has 2 heterocycles. The van der Waals surface area contributed by atoms with Crippen molar-refractivity contribution < 1.29 is 17.9 Å². The average Bonchev–Trinajstić information content (AvgIpc) is 2.82. The van der Waals surface area contributed by atoms with E-state index >= 15 is 0 Å². The minimum atomic E-state index is -3.79. The Morgan fingerprint density at radius 2 is 2.14 bits per heavy atom. The van der Waals surface area contributed by atoms with Crippen LogP contribution in [0.25, 0.3) is 0 Å². The van der Waals surface area contributed by atoms with Crippen molar-refractivity contribution in [1.82, 2.24) is 10.2 Å². The lowest BCUT2D eigenvalue weighted by Gasteiger charge is -2.18. The molecule has 0 bridgehead atoms. The fraction of sp³-hybridized carbons (Fsp3) is 0.167. The highest BCUT2D eigenvalue weighted by Gasteiger charge is 2.21. The lowest BCUT2D eigenvalue weighted by molar-refractivity contribution is -0.118. The number of nitrogens with zero attached hydrogens (tertiary/aromatic N) is 1. The number of carbonyl (C=O) groups is 1. The molecule has 0 radical (unpaired) electrons. The maximum Gasteiger partial charge on any atom is 0.263 e. The number of sulfonamides is 1. The van der Waals surface area contributed by atoms with E-state index in [0.717, 1.165) is 5.69 Å². The van der Waals surface area contributed by atoms with Gasteiger partial charge in [-0.1, -0.05) is 0 Å². The Kier molecular flexibility index (Phi) is 3.05. The first-order valence-electron chi connectivity index (χ1n) is 6.05. The normalized spacial score (nSPS) is 14.0. The summed E-state index contributed by atoms with van der Waals surface area (Å²) in [7, 11) is -3.79. The number of amides is 1. The van der Waals surface area contributed by atoms with E-state index in [1.807, 2.05) is 0 Å². The lowest BCUT2D eigenvalue weighted by Crippen LogP contribution is -2.25. The quantitative estimate of drug-likeness (QED) is 0.778. The zero-order valence-corrected chi connectivity index (χ0v) is 11.8. The largest absolute Gasteiger partial charge is 0.482 e. The van der Waals surface area contributed by atoms with Crippen molar-refractivity contribution in [2.45, 2.75) is 11.8 Å². The molecule has 0 spiro atoms. The summed E-state index contributed by atoms with van der Waals surface area (Å²) in [6.07, 6.45) is 0. The van der Waals surface area contributed by atoms with Gasteiger partial charge in [0.2, 0.25) is 0 Å². The summed E-state index contributed by atoms with van der Waals surface area (Å²) >= 11 is 0.